The number of esters is 1. The number of methoxy groups -OCH3 is 2. The van der Waals surface area contributed by atoms with Crippen LogP contribution in [0.15, 0.2) is 80.1 Å². The summed E-state index contributed by atoms with van der Waals surface area (Å²) in [6.45, 7) is 3.93. The van der Waals surface area contributed by atoms with Gasteiger partial charge in [0.2, 0.25) is 0 Å². The summed E-state index contributed by atoms with van der Waals surface area (Å²) >= 11 is 11.4. The van der Waals surface area contributed by atoms with Gasteiger partial charge in [0, 0.05) is 10.0 Å². The fraction of sp³-hybridized carbons (Fsp3) is 0.257. The number of thiazole rings is 1. The third-order valence-electron chi connectivity index (χ3n) is 7.49. The van der Waals surface area contributed by atoms with Crippen LogP contribution >= 0.6 is 38.9 Å². The van der Waals surface area contributed by atoms with Gasteiger partial charge in [-0.15, -0.1) is 0 Å². The van der Waals surface area contributed by atoms with E-state index in [9.17, 15) is 19.5 Å². The number of carbonyl (C=O) groups excluding carboxylic acids is 1. The second-order valence-electron chi connectivity index (χ2n) is 10.6. The second kappa shape index (κ2) is 15.2. The molecule has 0 aliphatic carbocycles. The lowest BCUT2D eigenvalue weighted by atomic mass is 9.93. The monoisotopic (exact) mass is 754 g/mol. The molecule has 10 nitrogen and oxygen atoms in total. The molecule has 0 bridgehead atoms. The lowest BCUT2D eigenvalue weighted by molar-refractivity contribution is -0.139. The predicted molar refractivity (Wildman–Crippen MR) is 186 cm³/mol. The van der Waals surface area contributed by atoms with E-state index in [1.165, 1.54) is 42.3 Å². The number of ether oxygens (including phenoxy) is 4. The topological polar surface area (TPSA) is 126 Å². The van der Waals surface area contributed by atoms with Crippen molar-refractivity contribution in [1.82, 2.24) is 4.57 Å². The zero-order valence-corrected chi connectivity index (χ0v) is 29.7. The normalized spacial score (nSPS) is 14.3. The molecule has 5 rings (SSSR count). The summed E-state index contributed by atoms with van der Waals surface area (Å²) in [4.78, 5) is 44.4. The maximum absolute atomic E-state index is 14.2. The first-order valence-electron chi connectivity index (χ1n) is 15.0. The molecule has 1 N–H and O–H groups in total. The molecule has 48 heavy (non-hydrogen) atoms. The number of rotatable bonds is 12. The summed E-state index contributed by atoms with van der Waals surface area (Å²) in [6.07, 6.45) is 2.90. The second-order valence-corrected chi connectivity index (χ2v) is 13.0. The maximum Gasteiger partial charge on any atom is 0.338 e. The number of hydrogen-bond acceptors (Lipinski definition) is 9. The molecule has 0 saturated carbocycles. The minimum Gasteiger partial charge on any atom is -0.496 e. The molecule has 250 valence electrons. The van der Waals surface area contributed by atoms with Crippen molar-refractivity contribution in [2.45, 2.75) is 39.3 Å². The van der Waals surface area contributed by atoms with Gasteiger partial charge in [-0.25, -0.2) is 14.6 Å². The van der Waals surface area contributed by atoms with Gasteiger partial charge in [0.25, 0.3) is 5.56 Å². The predicted octanol–water partition coefficient (Wildman–Crippen LogP) is 6.29. The highest BCUT2D eigenvalue weighted by atomic mass is 79.9. The first kappa shape index (κ1) is 34.9. The van der Waals surface area contributed by atoms with Crippen LogP contribution in [0.5, 0.6) is 17.2 Å². The van der Waals surface area contributed by atoms with Crippen LogP contribution < -0.4 is 29.1 Å². The Balaban J connectivity index is 1.62. The van der Waals surface area contributed by atoms with E-state index in [1.807, 2.05) is 19.1 Å². The van der Waals surface area contributed by atoms with E-state index < -0.39 is 18.0 Å². The molecule has 0 amide bonds. The highest BCUT2D eigenvalue weighted by Gasteiger charge is 2.36. The number of aromatic nitrogens is 1. The summed E-state index contributed by atoms with van der Waals surface area (Å²) in [7, 11) is 3.01. The van der Waals surface area contributed by atoms with Crippen LogP contribution in [0.4, 0.5) is 0 Å². The van der Waals surface area contributed by atoms with Crippen molar-refractivity contribution in [3.8, 4) is 17.2 Å². The molecule has 1 aromatic heterocycles. The van der Waals surface area contributed by atoms with Crippen molar-refractivity contribution in [2.75, 3.05) is 20.8 Å². The van der Waals surface area contributed by atoms with Crippen molar-refractivity contribution in [3.05, 3.63) is 117 Å². The zero-order chi connectivity index (χ0) is 34.5. The molecule has 0 saturated heterocycles. The fourth-order valence-corrected chi connectivity index (χ4v) is 7.07. The van der Waals surface area contributed by atoms with Crippen LogP contribution in [0.3, 0.4) is 0 Å². The number of fused-ring (bicyclic) bond motifs is 1. The molecule has 0 spiro atoms. The van der Waals surface area contributed by atoms with Crippen LogP contribution in [0.25, 0.3) is 6.08 Å². The van der Waals surface area contributed by atoms with Crippen molar-refractivity contribution in [3.63, 3.8) is 0 Å². The van der Waals surface area contributed by atoms with Gasteiger partial charge in [0.05, 0.1) is 47.2 Å². The number of allylic oxidation sites excluding steroid dienone is 1. The van der Waals surface area contributed by atoms with E-state index in [-0.39, 0.29) is 40.7 Å². The van der Waals surface area contributed by atoms with Crippen LogP contribution in [-0.4, -0.2) is 42.4 Å². The Morgan fingerprint density at radius 1 is 1.08 bits per heavy atom. The van der Waals surface area contributed by atoms with Gasteiger partial charge < -0.3 is 24.1 Å². The van der Waals surface area contributed by atoms with E-state index in [0.717, 1.165) is 10.9 Å². The number of benzene rings is 3. The number of hydrogen-bond donors (Lipinski definition) is 1. The van der Waals surface area contributed by atoms with Gasteiger partial charge in [0.1, 0.15) is 18.4 Å². The Bertz CT molecular complexity index is 2110. The lowest BCUT2D eigenvalue weighted by Gasteiger charge is -2.27. The summed E-state index contributed by atoms with van der Waals surface area (Å²) in [6, 6.07) is 14.3. The number of carboxylic acids is 1. The Labute approximate surface area is 293 Å². The zero-order valence-electron chi connectivity index (χ0n) is 26.5. The van der Waals surface area contributed by atoms with Crippen molar-refractivity contribution in [1.29, 1.82) is 0 Å². The average Bonchev–Trinajstić information content (AvgIpc) is 3.37. The highest BCUT2D eigenvalue weighted by molar-refractivity contribution is 9.10. The van der Waals surface area contributed by atoms with Gasteiger partial charge in [0.15, 0.2) is 16.3 Å². The summed E-state index contributed by atoms with van der Waals surface area (Å²) in [5.41, 5.74) is 2.42. The van der Waals surface area contributed by atoms with Crippen LogP contribution in [0.2, 0.25) is 5.02 Å². The number of nitrogens with zero attached hydrogens (tertiary/aromatic N) is 2. The molecule has 2 heterocycles. The molecule has 0 unspecified atom stereocenters. The van der Waals surface area contributed by atoms with Crippen LogP contribution in [0.1, 0.15) is 59.8 Å². The number of aromatic carboxylic acids is 1. The Hall–Kier alpha value is -4.39. The smallest absolute Gasteiger partial charge is 0.338 e. The third-order valence-corrected chi connectivity index (χ3v) is 9.24. The van der Waals surface area contributed by atoms with Crippen LogP contribution in [0, 0.1) is 0 Å². The number of halogens is 2. The Morgan fingerprint density at radius 2 is 1.85 bits per heavy atom. The quantitative estimate of drug-likeness (QED) is 0.168. The Kier molecular flexibility index (Phi) is 11.1. The molecule has 3 aromatic carbocycles. The molecule has 1 atom stereocenters. The largest absolute Gasteiger partial charge is 0.496 e. The summed E-state index contributed by atoms with van der Waals surface area (Å²) in [5.74, 6) is -0.499. The average molecular weight is 756 g/mol. The van der Waals surface area contributed by atoms with Crippen molar-refractivity contribution < 1.29 is 33.6 Å². The van der Waals surface area contributed by atoms with E-state index >= 15 is 0 Å². The molecule has 4 aromatic rings. The van der Waals surface area contributed by atoms with E-state index in [1.54, 1.807) is 43.3 Å². The number of carbonyl (C=O) groups is 2. The van der Waals surface area contributed by atoms with Gasteiger partial charge in [-0.3, -0.25) is 9.36 Å². The minimum absolute atomic E-state index is 0.0527. The highest BCUT2D eigenvalue weighted by Crippen LogP contribution is 2.39. The summed E-state index contributed by atoms with van der Waals surface area (Å²) < 4.78 is 25.3. The molecule has 0 fully saturated rings. The van der Waals surface area contributed by atoms with Crippen molar-refractivity contribution in [2.24, 2.45) is 4.99 Å². The molecule has 1 aliphatic heterocycles. The number of carboxylic acid groups (broad SMARTS) is 1. The van der Waals surface area contributed by atoms with Gasteiger partial charge in [-0.2, -0.15) is 0 Å². The Morgan fingerprint density at radius 3 is 2.54 bits per heavy atom. The van der Waals surface area contributed by atoms with Gasteiger partial charge >= 0.3 is 11.9 Å². The van der Waals surface area contributed by atoms with E-state index in [0.29, 0.717) is 49.6 Å². The molecular weight excluding hydrogens is 724 g/mol. The minimum atomic E-state index is -1.04. The fourth-order valence-electron chi connectivity index (χ4n) is 5.40. The first-order chi connectivity index (χ1) is 23.1. The molecule has 13 heteroatoms. The SMILES string of the molecule is CCCC1=C(C(=O)OCC)[C@H](c2cc(Br)ccc2OC)n2c(s/c(=C/c3cc(Cl)c(OCc4cccc(C(=O)O)c4)c(OC)c3)c2=O)=N1. The van der Waals surface area contributed by atoms with Gasteiger partial charge in [-0.05, 0) is 73.0 Å². The summed E-state index contributed by atoms with van der Waals surface area (Å²) in [5, 5.41) is 9.53. The van der Waals surface area contributed by atoms with E-state index in [2.05, 4.69) is 15.9 Å². The first-order valence-corrected chi connectivity index (χ1v) is 17.0. The van der Waals surface area contributed by atoms with E-state index in [4.69, 9.17) is 35.5 Å². The van der Waals surface area contributed by atoms with Gasteiger partial charge in [-0.1, -0.05) is 64.3 Å². The third kappa shape index (κ3) is 7.20. The van der Waals surface area contributed by atoms with Crippen molar-refractivity contribution >= 4 is 56.9 Å². The maximum atomic E-state index is 14.2. The van der Waals surface area contributed by atoms with Crippen LogP contribution in [-0.2, 0) is 16.1 Å². The molecule has 0 radical (unpaired) electrons. The standard InChI is InChI=1S/C35H32BrClN2O8S/c1-5-8-25-29(34(43)46-6-2)30(23-17-22(36)11-12-26(23)44-3)39-32(40)28(48-35(39)38-25)16-20-14-24(37)31(27(15-20)45-4)47-18-19-9-7-10-21(13-19)33(41)42/h7,9-17,30H,5-6,8,18H2,1-4H3,(H,41,42)/b28-16+/t30-/m0/s1. The molecular formula is C35H32BrClN2O8S. The molecule has 1 aliphatic rings. The lowest BCUT2D eigenvalue weighted by Crippen LogP contribution is -2.40.